The topological polar surface area (TPSA) is 17.8 Å². The molecule has 0 unspecified atom stereocenters. The molecule has 0 amide bonds. The predicted octanol–water partition coefficient (Wildman–Crippen LogP) is 15.4. The van der Waals surface area contributed by atoms with Crippen LogP contribution in [0.25, 0.3) is 104 Å². The first kappa shape index (κ1) is 29.4. The van der Waals surface area contributed by atoms with E-state index in [0.717, 1.165) is 38.6 Å². The first-order chi connectivity index (χ1) is 31.8. The Balaban J connectivity index is 1.04. The molecule has 2 heterocycles. The van der Waals surface area contributed by atoms with Gasteiger partial charge in [0, 0.05) is 22.7 Å². The summed E-state index contributed by atoms with van der Waals surface area (Å²) in [6.07, 6.45) is 2.50. The molecule has 0 aliphatic carbocycles. The van der Waals surface area contributed by atoms with Crippen molar-refractivity contribution >= 4 is 65.0 Å². The van der Waals surface area contributed by atoms with Gasteiger partial charge in [-0.3, -0.25) is 4.57 Å². The fraction of sp³-hybridized carbons (Fsp3) is 0.0172. The lowest BCUT2D eigenvalue weighted by Crippen LogP contribution is -1.96. The minimum atomic E-state index is -0.428. The normalized spacial score (nSPS) is 12.9. The van der Waals surface area contributed by atoms with E-state index >= 15 is 0 Å². The molecular weight excluding hydrogens is 725 g/mol. The highest BCUT2D eigenvalue weighted by Crippen LogP contribution is 2.45. The van der Waals surface area contributed by atoms with E-state index in [1.54, 1.807) is 4.57 Å². The molecule has 0 aliphatic heterocycles. The van der Waals surface area contributed by atoms with E-state index in [0.29, 0.717) is 17.6 Å². The largest absolute Gasteiger partial charge is 0.294 e. The fourth-order valence-corrected chi connectivity index (χ4v) is 9.33. The van der Waals surface area contributed by atoms with Gasteiger partial charge in [0.25, 0.3) is 0 Å². The Morgan fingerprint density at radius 1 is 0.400 bits per heavy atom. The summed E-state index contributed by atoms with van der Waals surface area (Å²) < 4.78 is 45.0. The third kappa shape index (κ3) is 5.68. The van der Waals surface area contributed by atoms with E-state index in [1.807, 2.05) is 30.5 Å². The van der Waals surface area contributed by atoms with Crippen LogP contribution >= 0.6 is 0 Å². The van der Waals surface area contributed by atoms with Crippen molar-refractivity contribution in [2.24, 2.45) is 0 Å². The summed E-state index contributed by atoms with van der Waals surface area (Å²) in [4.78, 5) is 4.95. The molecule has 0 fully saturated rings. The Morgan fingerprint density at radius 3 is 1.70 bits per heavy atom. The third-order valence-electron chi connectivity index (χ3n) is 12.0. The molecule has 12 aromatic rings. The Labute approximate surface area is 355 Å². The molecule has 2 nitrogen and oxygen atoms in total. The number of pyridine rings is 1. The minimum absolute atomic E-state index is 0.0773. The highest BCUT2D eigenvalue weighted by molar-refractivity contribution is 6.22. The molecule has 12 rings (SSSR count). The van der Waals surface area contributed by atoms with Crippen molar-refractivity contribution in [3.05, 3.63) is 230 Å². The number of benzene rings is 10. The molecule has 0 saturated heterocycles. The van der Waals surface area contributed by atoms with Gasteiger partial charge in [0.05, 0.1) is 12.4 Å². The Kier molecular flexibility index (Phi) is 6.83. The standard InChI is InChI=1S/C58H38N2/c1-3-14-38(15-4-1)30-39-31-54-53-36-44(28-29-55(53)60(58(54)59-37-39)48-20-5-2-6-21-48)42-18-13-19-45(33-42)56-49-22-9-11-24-51(49)57(52-25-12-10-23-50(52)56)46-27-26-43-32-40-16-7-8-17-41(40)34-47(43)35-46/h1-29,31-37H,30H2/i2D,5D,6D,20D,21D. The Morgan fingerprint density at radius 2 is 0.983 bits per heavy atom. The zero-order valence-corrected chi connectivity index (χ0v) is 32.5. The van der Waals surface area contributed by atoms with Gasteiger partial charge in [0.1, 0.15) is 5.65 Å². The van der Waals surface area contributed by atoms with Crippen molar-refractivity contribution in [3.63, 3.8) is 0 Å². The van der Waals surface area contributed by atoms with Crippen molar-refractivity contribution < 1.29 is 6.85 Å². The molecule has 2 aromatic heterocycles. The first-order valence-electron chi connectivity index (χ1n) is 22.8. The third-order valence-corrected chi connectivity index (χ3v) is 12.0. The summed E-state index contributed by atoms with van der Waals surface area (Å²) in [7, 11) is 0. The average Bonchev–Trinajstić information content (AvgIpc) is 3.66. The summed E-state index contributed by atoms with van der Waals surface area (Å²) in [5.74, 6) is 0. The number of hydrogen-bond donors (Lipinski definition) is 0. The maximum atomic E-state index is 8.95. The van der Waals surface area contributed by atoms with Gasteiger partial charge in [-0.25, -0.2) is 4.98 Å². The van der Waals surface area contributed by atoms with Crippen LogP contribution in [-0.4, -0.2) is 9.55 Å². The highest BCUT2D eigenvalue weighted by Gasteiger charge is 2.19. The van der Waals surface area contributed by atoms with Crippen molar-refractivity contribution in [3.8, 4) is 39.1 Å². The van der Waals surface area contributed by atoms with Gasteiger partial charge in [0.15, 0.2) is 0 Å². The lowest BCUT2D eigenvalue weighted by Gasteiger charge is -2.18. The fourth-order valence-electron chi connectivity index (χ4n) is 9.33. The van der Waals surface area contributed by atoms with Crippen molar-refractivity contribution in [2.75, 3.05) is 0 Å². The number of fused-ring (bicyclic) bond motifs is 7. The quantitative estimate of drug-likeness (QED) is 0.154. The predicted molar refractivity (Wildman–Crippen MR) is 254 cm³/mol. The van der Waals surface area contributed by atoms with Crippen molar-refractivity contribution in [1.82, 2.24) is 9.55 Å². The van der Waals surface area contributed by atoms with Gasteiger partial charge in [-0.2, -0.15) is 0 Å². The molecule has 0 atom stereocenters. The second-order valence-corrected chi connectivity index (χ2v) is 15.6. The SMILES string of the molecule is [2H]c1c([2H])c([2H])c(-n2c3ccc(-c4cccc(-c5c6ccccc6c(-c6ccc7cc8ccccc8cc7c6)c6ccccc56)c4)cc3c3cc(Cc4ccccc4)cnc32)c([2H])c1[2H]. The molecule has 280 valence electrons. The molecule has 2 heteroatoms. The van der Waals surface area contributed by atoms with Gasteiger partial charge in [-0.15, -0.1) is 0 Å². The lowest BCUT2D eigenvalue weighted by molar-refractivity contribution is 1.11. The molecule has 60 heavy (non-hydrogen) atoms. The zero-order chi connectivity index (χ0) is 43.9. The summed E-state index contributed by atoms with van der Waals surface area (Å²) in [6.45, 7) is 0. The van der Waals surface area contributed by atoms with Gasteiger partial charge in [-0.1, -0.05) is 158 Å². The molecule has 10 aromatic carbocycles. The molecule has 0 radical (unpaired) electrons. The number of hydrogen-bond acceptors (Lipinski definition) is 1. The van der Waals surface area contributed by atoms with Crippen LogP contribution in [0.2, 0.25) is 0 Å². The van der Waals surface area contributed by atoms with Crippen LogP contribution in [0, 0.1) is 0 Å². The lowest BCUT2D eigenvalue weighted by atomic mass is 9.85. The molecule has 0 saturated carbocycles. The summed E-state index contributed by atoms with van der Waals surface area (Å²) in [5, 5.41) is 11.3. The van der Waals surface area contributed by atoms with Gasteiger partial charge in [-0.05, 0) is 149 Å². The first-order valence-corrected chi connectivity index (χ1v) is 20.3. The average molecular weight is 768 g/mol. The summed E-state index contributed by atoms with van der Waals surface area (Å²) in [5.41, 5.74) is 10.1. The van der Waals surface area contributed by atoms with Crippen LogP contribution in [0.4, 0.5) is 0 Å². The second kappa shape index (κ2) is 13.9. The molecule has 0 aliphatic rings. The maximum Gasteiger partial charge on any atom is 0.145 e. The van der Waals surface area contributed by atoms with Crippen LogP contribution in [0.15, 0.2) is 218 Å². The van der Waals surface area contributed by atoms with Gasteiger partial charge in [0.2, 0.25) is 0 Å². The maximum absolute atomic E-state index is 8.95. The minimum Gasteiger partial charge on any atom is -0.294 e. The Bertz CT molecular complexity index is 3840. The van der Waals surface area contributed by atoms with E-state index in [1.165, 1.54) is 59.8 Å². The van der Waals surface area contributed by atoms with E-state index in [-0.39, 0.29) is 29.9 Å². The van der Waals surface area contributed by atoms with Crippen LogP contribution in [0.1, 0.15) is 18.0 Å². The second-order valence-electron chi connectivity index (χ2n) is 15.6. The monoisotopic (exact) mass is 767 g/mol. The Hall–Kier alpha value is -7.81. The number of para-hydroxylation sites is 1. The summed E-state index contributed by atoms with van der Waals surface area (Å²) in [6, 6.07) is 62.9. The number of aromatic nitrogens is 2. The van der Waals surface area contributed by atoms with E-state index in [9.17, 15) is 0 Å². The van der Waals surface area contributed by atoms with Crippen LogP contribution in [0.3, 0.4) is 0 Å². The van der Waals surface area contributed by atoms with Crippen molar-refractivity contribution in [1.29, 1.82) is 0 Å². The van der Waals surface area contributed by atoms with Gasteiger partial charge < -0.3 is 0 Å². The smallest absolute Gasteiger partial charge is 0.145 e. The van der Waals surface area contributed by atoms with E-state index in [4.69, 9.17) is 11.8 Å². The highest BCUT2D eigenvalue weighted by atomic mass is 15.0. The number of nitrogens with zero attached hydrogens (tertiary/aromatic N) is 2. The van der Waals surface area contributed by atoms with Crippen LogP contribution < -0.4 is 0 Å². The molecule has 0 N–H and O–H groups in total. The van der Waals surface area contributed by atoms with Gasteiger partial charge >= 0.3 is 0 Å². The zero-order valence-electron chi connectivity index (χ0n) is 37.5. The number of rotatable bonds is 6. The van der Waals surface area contributed by atoms with Crippen LogP contribution in [0.5, 0.6) is 0 Å². The molecule has 0 spiro atoms. The molecular formula is C58H38N2. The summed E-state index contributed by atoms with van der Waals surface area (Å²) >= 11 is 0. The molecule has 0 bridgehead atoms. The van der Waals surface area contributed by atoms with Crippen LogP contribution in [-0.2, 0) is 6.42 Å². The van der Waals surface area contributed by atoms with E-state index in [2.05, 4.69) is 158 Å². The van der Waals surface area contributed by atoms with Crippen molar-refractivity contribution in [2.45, 2.75) is 6.42 Å². The van der Waals surface area contributed by atoms with E-state index < -0.39 is 6.04 Å².